The summed E-state index contributed by atoms with van der Waals surface area (Å²) in [6, 6.07) is 0. The zero-order chi connectivity index (χ0) is 8.74. The molecule has 0 radical (unpaired) electrons. The molecule has 0 aromatic rings. The molecule has 1 atom stereocenters. The Hall–Kier alpha value is -0.160. The van der Waals surface area contributed by atoms with Crippen molar-refractivity contribution in [3.63, 3.8) is 0 Å². The Morgan fingerprint density at radius 2 is 2.09 bits per heavy atom. The minimum absolute atomic E-state index is 0.208. The molecule has 3 N–H and O–H groups in total. The van der Waals surface area contributed by atoms with Crippen molar-refractivity contribution in [1.82, 2.24) is 0 Å². The van der Waals surface area contributed by atoms with Gasteiger partial charge in [-0.05, 0) is 6.92 Å². The van der Waals surface area contributed by atoms with Crippen molar-refractivity contribution in [3.05, 3.63) is 0 Å². The van der Waals surface area contributed by atoms with Crippen LogP contribution in [0, 0.1) is 0 Å². The summed E-state index contributed by atoms with van der Waals surface area (Å²) in [5.41, 5.74) is 4.35. The quantitative estimate of drug-likeness (QED) is 0.511. The molecule has 4 heteroatoms. The van der Waals surface area contributed by atoms with Crippen molar-refractivity contribution in [2.45, 2.75) is 12.5 Å². The van der Waals surface area contributed by atoms with Crippen LogP contribution in [0.3, 0.4) is 0 Å². The van der Waals surface area contributed by atoms with Crippen LogP contribution in [0.2, 0.25) is 0 Å². The largest absolute Gasteiger partial charge is 0.386 e. The number of aliphatic hydroxyl groups is 1. The molecule has 0 aromatic carbocycles. The Morgan fingerprint density at radius 3 is 2.55 bits per heavy atom. The summed E-state index contributed by atoms with van der Waals surface area (Å²) in [6.45, 7) is 3.14. The predicted molar refractivity (Wildman–Crippen MR) is 42.4 cm³/mol. The molecule has 0 rings (SSSR count). The SMILES string of the molecule is COCCOCC(C)(O)CN. The molecular formula is C7H17NO3. The van der Waals surface area contributed by atoms with Crippen LogP contribution in [0.4, 0.5) is 0 Å². The average molecular weight is 163 g/mol. The van der Waals surface area contributed by atoms with Crippen LogP contribution in [0.25, 0.3) is 0 Å². The first kappa shape index (κ1) is 10.8. The fraction of sp³-hybridized carbons (Fsp3) is 1.00. The molecule has 0 amide bonds. The van der Waals surface area contributed by atoms with Gasteiger partial charge in [0.15, 0.2) is 0 Å². The Kier molecular flexibility index (Phi) is 5.41. The van der Waals surface area contributed by atoms with Crippen molar-refractivity contribution in [3.8, 4) is 0 Å². The Bertz CT molecular complexity index is 95.7. The van der Waals surface area contributed by atoms with E-state index in [4.69, 9.17) is 15.2 Å². The molecular weight excluding hydrogens is 146 g/mol. The van der Waals surface area contributed by atoms with E-state index in [1.807, 2.05) is 0 Å². The minimum Gasteiger partial charge on any atom is -0.386 e. The number of rotatable bonds is 6. The summed E-state index contributed by atoms with van der Waals surface area (Å²) in [5, 5.41) is 9.33. The Labute approximate surface area is 67.3 Å². The van der Waals surface area contributed by atoms with E-state index >= 15 is 0 Å². The summed E-state index contributed by atoms with van der Waals surface area (Å²) in [5.74, 6) is 0. The van der Waals surface area contributed by atoms with E-state index in [1.54, 1.807) is 14.0 Å². The van der Waals surface area contributed by atoms with Gasteiger partial charge in [0, 0.05) is 13.7 Å². The van der Waals surface area contributed by atoms with E-state index in [1.165, 1.54) is 0 Å². The Balaban J connectivity index is 3.23. The molecule has 0 aliphatic heterocycles. The summed E-state index contributed by atoms with van der Waals surface area (Å²) >= 11 is 0. The normalized spacial score (nSPS) is 16.4. The maximum Gasteiger partial charge on any atom is 0.0973 e. The molecule has 0 aliphatic rings. The van der Waals surface area contributed by atoms with Gasteiger partial charge in [0.1, 0.15) is 0 Å². The second-order valence-corrected chi connectivity index (χ2v) is 2.75. The third-order valence-corrected chi connectivity index (χ3v) is 1.28. The van der Waals surface area contributed by atoms with E-state index in [2.05, 4.69) is 0 Å². The first-order chi connectivity index (χ1) is 5.12. The topological polar surface area (TPSA) is 64.7 Å². The third-order valence-electron chi connectivity index (χ3n) is 1.28. The second kappa shape index (κ2) is 5.49. The van der Waals surface area contributed by atoms with Crippen molar-refractivity contribution in [2.24, 2.45) is 5.73 Å². The zero-order valence-electron chi connectivity index (χ0n) is 7.17. The molecule has 0 aliphatic carbocycles. The van der Waals surface area contributed by atoms with Crippen LogP contribution < -0.4 is 5.73 Å². The van der Waals surface area contributed by atoms with E-state index in [-0.39, 0.29) is 13.2 Å². The molecule has 0 bridgehead atoms. The number of hydrogen-bond donors (Lipinski definition) is 2. The van der Waals surface area contributed by atoms with Crippen molar-refractivity contribution < 1.29 is 14.6 Å². The molecule has 0 heterocycles. The first-order valence-corrected chi connectivity index (χ1v) is 3.61. The van der Waals surface area contributed by atoms with Crippen molar-refractivity contribution in [2.75, 3.05) is 33.5 Å². The molecule has 0 fully saturated rings. The van der Waals surface area contributed by atoms with Crippen LogP contribution in [-0.4, -0.2) is 44.2 Å². The fourth-order valence-corrected chi connectivity index (χ4v) is 0.493. The second-order valence-electron chi connectivity index (χ2n) is 2.75. The Morgan fingerprint density at radius 1 is 1.45 bits per heavy atom. The number of hydrogen-bond acceptors (Lipinski definition) is 4. The summed E-state index contributed by atoms with van der Waals surface area (Å²) < 4.78 is 9.83. The smallest absolute Gasteiger partial charge is 0.0973 e. The van der Waals surface area contributed by atoms with Crippen LogP contribution in [0.15, 0.2) is 0 Å². The first-order valence-electron chi connectivity index (χ1n) is 3.61. The van der Waals surface area contributed by atoms with Gasteiger partial charge in [0.05, 0.1) is 25.4 Å². The van der Waals surface area contributed by atoms with Gasteiger partial charge in [-0.3, -0.25) is 0 Å². The predicted octanol–water partition coefficient (Wildman–Crippen LogP) is -0.641. The van der Waals surface area contributed by atoms with Gasteiger partial charge in [-0.15, -0.1) is 0 Å². The van der Waals surface area contributed by atoms with E-state index in [0.717, 1.165) is 0 Å². The highest BCUT2D eigenvalue weighted by atomic mass is 16.5. The lowest BCUT2D eigenvalue weighted by molar-refractivity contribution is -0.0383. The maximum atomic E-state index is 9.33. The van der Waals surface area contributed by atoms with Crippen LogP contribution >= 0.6 is 0 Å². The molecule has 11 heavy (non-hydrogen) atoms. The van der Waals surface area contributed by atoms with Crippen molar-refractivity contribution in [1.29, 1.82) is 0 Å². The van der Waals surface area contributed by atoms with Gasteiger partial charge in [-0.2, -0.15) is 0 Å². The fourth-order valence-electron chi connectivity index (χ4n) is 0.493. The lowest BCUT2D eigenvalue weighted by Gasteiger charge is -2.20. The van der Waals surface area contributed by atoms with E-state index in [0.29, 0.717) is 13.2 Å². The van der Waals surface area contributed by atoms with Gasteiger partial charge < -0.3 is 20.3 Å². The monoisotopic (exact) mass is 163 g/mol. The maximum absolute atomic E-state index is 9.33. The molecule has 4 nitrogen and oxygen atoms in total. The lowest BCUT2D eigenvalue weighted by atomic mass is 10.1. The minimum atomic E-state index is -0.909. The summed E-state index contributed by atoms with van der Waals surface area (Å²) in [6.07, 6.45) is 0. The molecule has 0 aromatic heterocycles. The van der Waals surface area contributed by atoms with Gasteiger partial charge in [-0.1, -0.05) is 0 Å². The molecule has 1 unspecified atom stereocenters. The van der Waals surface area contributed by atoms with Gasteiger partial charge in [0.25, 0.3) is 0 Å². The molecule has 68 valence electrons. The molecule has 0 saturated heterocycles. The number of ether oxygens (including phenoxy) is 2. The zero-order valence-corrected chi connectivity index (χ0v) is 7.17. The van der Waals surface area contributed by atoms with Crippen LogP contribution in [-0.2, 0) is 9.47 Å². The highest BCUT2D eigenvalue weighted by Crippen LogP contribution is 1.99. The summed E-state index contributed by atoms with van der Waals surface area (Å²) in [4.78, 5) is 0. The van der Waals surface area contributed by atoms with Crippen LogP contribution in [0.1, 0.15) is 6.92 Å². The average Bonchev–Trinajstić information content (AvgIpc) is 1.99. The number of nitrogens with two attached hydrogens (primary N) is 1. The molecule has 0 spiro atoms. The molecule has 0 saturated carbocycles. The highest BCUT2D eigenvalue weighted by molar-refractivity contribution is 4.71. The van der Waals surface area contributed by atoms with E-state index < -0.39 is 5.60 Å². The van der Waals surface area contributed by atoms with Crippen LogP contribution in [0.5, 0.6) is 0 Å². The van der Waals surface area contributed by atoms with E-state index in [9.17, 15) is 5.11 Å². The number of methoxy groups -OCH3 is 1. The van der Waals surface area contributed by atoms with Gasteiger partial charge in [-0.25, -0.2) is 0 Å². The van der Waals surface area contributed by atoms with Crippen molar-refractivity contribution >= 4 is 0 Å². The van der Waals surface area contributed by atoms with Gasteiger partial charge in [0.2, 0.25) is 0 Å². The third kappa shape index (κ3) is 6.25. The highest BCUT2D eigenvalue weighted by Gasteiger charge is 2.17. The van der Waals surface area contributed by atoms with Gasteiger partial charge >= 0.3 is 0 Å². The standard InChI is InChI=1S/C7H17NO3/c1-7(9,5-8)6-11-4-3-10-2/h9H,3-6,8H2,1-2H3. The lowest BCUT2D eigenvalue weighted by Crippen LogP contribution is -2.39. The summed E-state index contributed by atoms with van der Waals surface area (Å²) in [7, 11) is 1.60.